The molecule has 3 aromatic heterocycles. The number of hydrogen-bond acceptors (Lipinski definition) is 7. The lowest BCUT2D eigenvalue weighted by molar-refractivity contribution is 0.724. The number of hydrazine groups is 2. The molecule has 0 unspecified atom stereocenters. The summed E-state index contributed by atoms with van der Waals surface area (Å²) in [6.07, 6.45) is 3.72. The number of nitrogens with one attached hydrogen (secondary N) is 3. The van der Waals surface area contributed by atoms with E-state index in [-0.39, 0.29) is 0 Å². The molecular weight excluding hydrogens is 380 g/mol. The molecule has 0 radical (unpaired) electrons. The van der Waals surface area contributed by atoms with Crippen LogP contribution in [0.5, 0.6) is 0 Å². The zero-order valence-electron chi connectivity index (χ0n) is 14.1. The Morgan fingerprint density at radius 1 is 1.15 bits per heavy atom. The Kier molecular flexibility index (Phi) is 4.05. The normalized spacial score (nSPS) is 12.9. The van der Waals surface area contributed by atoms with Crippen molar-refractivity contribution in [1.82, 2.24) is 15.5 Å². The van der Waals surface area contributed by atoms with Crippen molar-refractivity contribution in [3.8, 4) is 0 Å². The van der Waals surface area contributed by atoms with Gasteiger partial charge in [0.1, 0.15) is 5.82 Å². The van der Waals surface area contributed by atoms with Crippen LogP contribution < -0.4 is 21.3 Å². The number of hydrogen-bond donors (Lipinski definition) is 3. The number of anilines is 4. The van der Waals surface area contributed by atoms with E-state index in [4.69, 9.17) is 16.6 Å². The number of aromatic nitrogens is 2. The standard InChI is InChI=1S/C19H15ClN6S/c20-13-2-1-3-14(9-13)22-18-5-4-16-19(23-18)26(25-24-16)11-15-8-12-10-21-7-6-17(12)27-15/h1-10,24-25H,11H2,(H,22,23). The molecule has 134 valence electrons. The molecule has 0 amide bonds. The van der Waals surface area contributed by atoms with E-state index in [9.17, 15) is 0 Å². The van der Waals surface area contributed by atoms with Gasteiger partial charge in [-0.15, -0.1) is 16.9 Å². The van der Waals surface area contributed by atoms with Crippen molar-refractivity contribution in [3.63, 3.8) is 0 Å². The van der Waals surface area contributed by atoms with Gasteiger partial charge in [-0.05, 0) is 42.5 Å². The van der Waals surface area contributed by atoms with Crippen molar-refractivity contribution >= 4 is 56.0 Å². The summed E-state index contributed by atoms with van der Waals surface area (Å²) in [7, 11) is 0. The van der Waals surface area contributed by atoms with E-state index in [1.807, 2.05) is 59.9 Å². The Balaban J connectivity index is 1.40. The Morgan fingerprint density at radius 3 is 3.00 bits per heavy atom. The fraction of sp³-hybridized carbons (Fsp3) is 0.0526. The van der Waals surface area contributed by atoms with Crippen LogP contribution in [0.3, 0.4) is 0 Å². The average molecular weight is 395 g/mol. The molecular formula is C19H15ClN6S. The maximum Gasteiger partial charge on any atom is 0.171 e. The van der Waals surface area contributed by atoms with Crippen molar-refractivity contribution < 1.29 is 0 Å². The number of fused-ring (bicyclic) bond motifs is 2. The summed E-state index contributed by atoms with van der Waals surface area (Å²) >= 11 is 7.82. The molecule has 3 N–H and O–H groups in total. The Morgan fingerprint density at radius 2 is 2.11 bits per heavy atom. The van der Waals surface area contributed by atoms with E-state index in [1.165, 1.54) is 9.58 Å². The summed E-state index contributed by atoms with van der Waals surface area (Å²) in [4.78, 5) is 10.2. The monoisotopic (exact) mass is 394 g/mol. The number of halogens is 1. The van der Waals surface area contributed by atoms with Crippen LogP contribution in [0.1, 0.15) is 4.88 Å². The molecule has 1 aromatic carbocycles. The van der Waals surface area contributed by atoms with Gasteiger partial charge in [0.15, 0.2) is 5.82 Å². The highest BCUT2D eigenvalue weighted by molar-refractivity contribution is 7.19. The third kappa shape index (κ3) is 3.28. The van der Waals surface area contributed by atoms with Gasteiger partial charge in [0.25, 0.3) is 0 Å². The first kappa shape index (κ1) is 16.3. The fourth-order valence-electron chi connectivity index (χ4n) is 3.00. The molecule has 6 nitrogen and oxygen atoms in total. The van der Waals surface area contributed by atoms with Gasteiger partial charge in [-0.25, -0.2) is 4.98 Å². The number of thiophene rings is 1. The zero-order valence-corrected chi connectivity index (χ0v) is 15.7. The van der Waals surface area contributed by atoms with E-state index in [1.54, 1.807) is 11.3 Å². The summed E-state index contributed by atoms with van der Waals surface area (Å²) in [6, 6.07) is 15.7. The number of benzene rings is 1. The molecule has 0 atom stereocenters. The molecule has 4 aromatic rings. The summed E-state index contributed by atoms with van der Waals surface area (Å²) in [6.45, 7) is 0.701. The van der Waals surface area contributed by atoms with Crippen LogP contribution in [0.4, 0.5) is 23.0 Å². The second-order valence-electron chi connectivity index (χ2n) is 6.15. The number of pyridine rings is 2. The van der Waals surface area contributed by atoms with Crippen molar-refractivity contribution in [2.45, 2.75) is 6.54 Å². The molecule has 5 rings (SSSR count). The van der Waals surface area contributed by atoms with Crippen molar-refractivity contribution in [2.75, 3.05) is 15.8 Å². The SMILES string of the molecule is Clc1cccc(Nc2ccc3c(n2)N(Cc2cc4cnccc4s2)NN3)c1. The highest BCUT2D eigenvalue weighted by atomic mass is 35.5. The van der Waals surface area contributed by atoms with Crippen LogP contribution in [0, 0.1) is 0 Å². The largest absolute Gasteiger partial charge is 0.340 e. The van der Waals surface area contributed by atoms with Crippen LogP contribution in [0.25, 0.3) is 10.1 Å². The minimum Gasteiger partial charge on any atom is -0.340 e. The minimum atomic E-state index is 0.686. The highest BCUT2D eigenvalue weighted by Crippen LogP contribution is 2.32. The van der Waals surface area contributed by atoms with E-state index in [0.29, 0.717) is 11.6 Å². The first-order chi connectivity index (χ1) is 13.2. The average Bonchev–Trinajstić information content (AvgIpc) is 3.25. The van der Waals surface area contributed by atoms with Crippen LogP contribution >= 0.6 is 22.9 Å². The fourth-order valence-corrected chi connectivity index (χ4v) is 4.21. The molecule has 0 saturated carbocycles. The van der Waals surface area contributed by atoms with Gasteiger partial charge < -0.3 is 10.7 Å². The Hall–Kier alpha value is -2.87. The molecule has 0 fully saturated rings. The zero-order chi connectivity index (χ0) is 18.2. The molecule has 0 aliphatic carbocycles. The van der Waals surface area contributed by atoms with Gasteiger partial charge in [0.2, 0.25) is 0 Å². The second-order valence-corrected chi connectivity index (χ2v) is 7.76. The lowest BCUT2D eigenvalue weighted by Crippen LogP contribution is -2.35. The van der Waals surface area contributed by atoms with Crippen molar-refractivity contribution in [2.24, 2.45) is 0 Å². The van der Waals surface area contributed by atoms with Crippen LogP contribution in [0.2, 0.25) is 5.02 Å². The molecule has 8 heteroatoms. The maximum atomic E-state index is 6.06. The number of rotatable bonds is 4. The van der Waals surface area contributed by atoms with Gasteiger partial charge in [-0.3, -0.25) is 9.99 Å². The van der Waals surface area contributed by atoms with Gasteiger partial charge in [-0.2, -0.15) is 0 Å². The van der Waals surface area contributed by atoms with Gasteiger partial charge >= 0.3 is 0 Å². The first-order valence-corrected chi connectivity index (χ1v) is 9.59. The molecule has 0 saturated heterocycles. The van der Waals surface area contributed by atoms with Gasteiger partial charge in [0.05, 0.1) is 12.2 Å². The number of nitrogens with zero attached hydrogens (tertiary/aromatic N) is 3. The second kappa shape index (κ2) is 6.70. The topological polar surface area (TPSA) is 65.1 Å². The van der Waals surface area contributed by atoms with Crippen molar-refractivity contribution in [3.05, 3.63) is 70.8 Å². The third-order valence-corrected chi connectivity index (χ3v) is 5.57. The van der Waals surface area contributed by atoms with Gasteiger partial charge in [0, 0.05) is 38.1 Å². The molecule has 4 heterocycles. The van der Waals surface area contributed by atoms with E-state index in [2.05, 4.69) is 27.3 Å². The molecule has 27 heavy (non-hydrogen) atoms. The van der Waals surface area contributed by atoms with E-state index >= 15 is 0 Å². The molecule has 0 bridgehead atoms. The predicted molar refractivity (Wildman–Crippen MR) is 112 cm³/mol. The lowest BCUT2D eigenvalue weighted by atomic mass is 10.3. The Bertz CT molecular complexity index is 1100. The summed E-state index contributed by atoms with van der Waals surface area (Å²) in [5.74, 6) is 1.60. The lowest BCUT2D eigenvalue weighted by Gasteiger charge is -2.16. The quantitative estimate of drug-likeness (QED) is 0.455. The minimum absolute atomic E-state index is 0.686. The van der Waals surface area contributed by atoms with Gasteiger partial charge in [-0.1, -0.05) is 17.7 Å². The predicted octanol–water partition coefficient (Wildman–Crippen LogP) is 4.94. The summed E-state index contributed by atoms with van der Waals surface area (Å²) in [5.41, 5.74) is 8.18. The van der Waals surface area contributed by atoms with Crippen LogP contribution in [-0.2, 0) is 6.54 Å². The molecule has 1 aliphatic rings. The highest BCUT2D eigenvalue weighted by Gasteiger charge is 2.21. The first-order valence-electron chi connectivity index (χ1n) is 8.40. The van der Waals surface area contributed by atoms with E-state index in [0.717, 1.165) is 28.4 Å². The van der Waals surface area contributed by atoms with Crippen LogP contribution in [-0.4, -0.2) is 9.97 Å². The van der Waals surface area contributed by atoms with Crippen LogP contribution in [0.15, 0.2) is 60.9 Å². The Labute approximate surface area is 164 Å². The smallest absolute Gasteiger partial charge is 0.171 e. The summed E-state index contributed by atoms with van der Waals surface area (Å²) in [5, 5.41) is 7.14. The third-order valence-electron chi connectivity index (χ3n) is 4.23. The maximum absolute atomic E-state index is 6.06. The molecule has 1 aliphatic heterocycles. The summed E-state index contributed by atoms with van der Waals surface area (Å²) < 4.78 is 1.23. The van der Waals surface area contributed by atoms with Crippen molar-refractivity contribution in [1.29, 1.82) is 0 Å². The van der Waals surface area contributed by atoms with E-state index < -0.39 is 0 Å². The molecule has 0 spiro atoms.